The summed E-state index contributed by atoms with van der Waals surface area (Å²) in [6.45, 7) is 0.721. The lowest BCUT2D eigenvalue weighted by atomic mass is 9.96. The quantitative estimate of drug-likeness (QED) is 0.872. The van der Waals surface area contributed by atoms with Crippen LogP contribution in [0.25, 0.3) is 0 Å². The zero-order valence-corrected chi connectivity index (χ0v) is 9.55. The fourth-order valence-corrected chi connectivity index (χ4v) is 2.14. The number of aromatic hydroxyl groups is 1. The predicted octanol–water partition coefficient (Wildman–Crippen LogP) is 2.44. The molecule has 2 nitrogen and oxygen atoms in total. The number of hydrogen-bond acceptors (Lipinski definition) is 2. The van der Waals surface area contributed by atoms with Gasteiger partial charge in [0.05, 0.1) is 0 Å². The van der Waals surface area contributed by atoms with E-state index in [0.717, 1.165) is 23.0 Å². The normalized spacial score (nSPS) is 18.1. The third-order valence-electron chi connectivity index (χ3n) is 3.00. The molecule has 0 aromatic heterocycles. The van der Waals surface area contributed by atoms with Crippen molar-refractivity contribution >= 4 is 15.9 Å². The van der Waals surface area contributed by atoms with Crippen molar-refractivity contribution in [2.24, 2.45) is 11.1 Å². The summed E-state index contributed by atoms with van der Waals surface area (Å²) in [5, 5.41) is 9.66. The first-order valence-electron chi connectivity index (χ1n) is 4.83. The molecule has 0 spiro atoms. The molecule has 1 fully saturated rings. The summed E-state index contributed by atoms with van der Waals surface area (Å²) in [6.07, 6.45) is 3.28. The van der Waals surface area contributed by atoms with E-state index < -0.39 is 0 Å². The third-order valence-corrected chi connectivity index (χ3v) is 3.49. The lowest BCUT2D eigenvalue weighted by Gasteiger charge is -2.13. The highest BCUT2D eigenvalue weighted by Crippen LogP contribution is 2.48. The maximum absolute atomic E-state index is 9.66. The fourth-order valence-electron chi connectivity index (χ4n) is 1.73. The molecule has 0 heterocycles. The smallest absolute Gasteiger partial charge is 0.118 e. The average molecular weight is 256 g/mol. The molecular weight excluding hydrogens is 242 g/mol. The van der Waals surface area contributed by atoms with Gasteiger partial charge in [0.2, 0.25) is 0 Å². The van der Waals surface area contributed by atoms with E-state index in [2.05, 4.69) is 15.9 Å². The van der Waals surface area contributed by atoms with Gasteiger partial charge in [-0.25, -0.2) is 0 Å². The standard InChI is InChI=1S/C11H14BrNO/c12-9-1-2-10(14)8(5-9)6-11(7-13)3-4-11/h1-2,5,14H,3-4,6-7,13H2. The van der Waals surface area contributed by atoms with Gasteiger partial charge in [-0.1, -0.05) is 15.9 Å². The van der Waals surface area contributed by atoms with E-state index in [1.807, 2.05) is 12.1 Å². The predicted molar refractivity (Wildman–Crippen MR) is 60.2 cm³/mol. The topological polar surface area (TPSA) is 46.2 Å². The maximum Gasteiger partial charge on any atom is 0.118 e. The van der Waals surface area contributed by atoms with Crippen molar-refractivity contribution in [1.82, 2.24) is 0 Å². The summed E-state index contributed by atoms with van der Waals surface area (Å²) in [4.78, 5) is 0. The minimum atomic E-state index is 0.276. The molecular formula is C11H14BrNO. The minimum absolute atomic E-state index is 0.276. The second-order valence-corrected chi connectivity index (χ2v) is 5.07. The number of halogens is 1. The molecule has 2 rings (SSSR count). The van der Waals surface area contributed by atoms with E-state index in [1.54, 1.807) is 6.07 Å². The van der Waals surface area contributed by atoms with Gasteiger partial charge in [-0.3, -0.25) is 0 Å². The summed E-state index contributed by atoms with van der Waals surface area (Å²) in [5.74, 6) is 0.382. The highest BCUT2D eigenvalue weighted by atomic mass is 79.9. The van der Waals surface area contributed by atoms with Gasteiger partial charge >= 0.3 is 0 Å². The summed E-state index contributed by atoms with van der Waals surface area (Å²) in [7, 11) is 0. The van der Waals surface area contributed by atoms with E-state index in [0.29, 0.717) is 5.75 Å². The first-order valence-corrected chi connectivity index (χ1v) is 5.62. The molecule has 0 atom stereocenters. The summed E-state index contributed by atoms with van der Waals surface area (Å²) >= 11 is 3.40. The van der Waals surface area contributed by atoms with Crippen molar-refractivity contribution in [1.29, 1.82) is 0 Å². The Morgan fingerprint density at radius 2 is 2.14 bits per heavy atom. The zero-order valence-electron chi connectivity index (χ0n) is 7.96. The second kappa shape index (κ2) is 3.55. The Kier molecular flexibility index (Phi) is 2.54. The second-order valence-electron chi connectivity index (χ2n) is 4.15. The van der Waals surface area contributed by atoms with E-state index in [9.17, 15) is 5.11 Å². The average Bonchev–Trinajstić information content (AvgIpc) is 2.92. The molecule has 0 unspecified atom stereocenters. The largest absolute Gasteiger partial charge is 0.508 e. The first kappa shape index (κ1) is 9.99. The van der Waals surface area contributed by atoms with Crippen LogP contribution in [0.3, 0.4) is 0 Å². The number of benzene rings is 1. The van der Waals surface area contributed by atoms with Crippen molar-refractivity contribution in [3.63, 3.8) is 0 Å². The van der Waals surface area contributed by atoms with Crippen molar-refractivity contribution in [2.45, 2.75) is 19.3 Å². The van der Waals surface area contributed by atoms with Crippen LogP contribution in [0.5, 0.6) is 5.75 Å². The number of phenolic OH excluding ortho intramolecular Hbond substituents is 1. The van der Waals surface area contributed by atoms with Crippen LogP contribution >= 0.6 is 15.9 Å². The minimum Gasteiger partial charge on any atom is -0.508 e. The van der Waals surface area contributed by atoms with E-state index in [4.69, 9.17) is 5.73 Å². The summed E-state index contributed by atoms with van der Waals surface area (Å²) in [6, 6.07) is 5.55. The van der Waals surface area contributed by atoms with Gasteiger partial charge in [0.1, 0.15) is 5.75 Å². The highest BCUT2D eigenvalue weighted by molar-refractivity contribution is 9.10. The monoisotopic (exact) mass is 255 g/mol. The van der Waals surface area contributed by atoms with Gasteiger partial charge in [0, 0.05) is 4.47 Å². The van der Waals surface area contributed by atoms with E-state index in [-0.39, 0.29) is 5.41 Å². The van der Waals surface area contributed by atoms with Crippen LogP contribution in [0.2, 0.25) is 0 Å². The molecule has 3 heteroatoms. The Morgan fingerprint density at radius 1 is 1.43 bits per heavy atom. The maximum atomic E-state index is 9.66. The van der Waals surface area contributed by atoms with Crippen LogP contribution in [0.15, 0.2) is 22.7 Å². The fraction of sp³-hybridized carbons (Fsp3) is 0.455. The molecule has 14 heavy (non-hydrogen) atoms. The zero-order chi connectivity index (χ0) is 10.2. The molecule has 76 valence electrons. The Bertz CT molecular complexity index is 347. The van der Waals surface area contributed by atoms with E-state index in [1.165, 1.54) is 12.8 Å². The number of nitrogens with two attached hydrogens (primary N) is 1. The SMILES string of the molecule is NCC1(Cc2cc(Br)ccc2O)CC1. The number of hydrogen-bond donors (Lipinski definition) is 2. The van der Waals surface area contributed by atoms with Crippen molar-refractivity contribution < 1.29 is 5.11 Å². The van der Waals surface area contributed by atoms with Crippen LogP contribution in [0.1, 0.15) is 18.4 Å². The molecule has 1 aromatic rings. The molecule has 0 amide bonds. The molecule has 3 N–H and O–H groups in total. The van der Waals surface area contributed by atoms with Gasteiger partial charge in [0.25, 0.3) is 0 Å². The van der Waals surface area contributed by atoms with Gasteiger partial charge < -0.3 is 10.8 Å². The van der Waals surface area contributed by atoms with E-state index >= 15 is 0 Å². The van der Waals surface area contributed by atoms with Crippen LogP contribution in [-0.2, 0) is 6.42 Å². The third kappa shape index (κ3) is 1.93. The van der Waals surface area contributed by atoms with Gasteiger partial charge in [0.15, 0.2) is 0 Å². The molecule has 0 bridgehead atoms. The molecule has 1 aliphatic carbocycles. The molecule has 1 aliphatic rings. The molecule has 0 aliphatic heterocycles. The first-order chi connectivity index (χ1) is 6.65. The molecule has 1 aromatic carbocycles. The van der Waals surface area contributed by atoms with Crippen LogP contribution in [0.4, 0.5) is 0 Å². The van der Waals surface area contributed by atoms with Crippen molar-refractivity contribution in [2.75, 3.05) is 6.54 Å². The van der Waals surface area contributed by atoms with Crippen LogP contribution < -0.4 is 5.73 Å². The van der Waals surface area contributed by atoms with Crippen molar-refractivity contribution in [3.05, 3.63) is 28.2 Å². The lowest BCUT2D eigenvalue weighted by molar-refractivity contribution is 0.450. The Balaban J connectivity index is 2.20. The Morgan fingerprint density at radius 3 is 2.71 bits per heavy atom. The van der Waals surface area contributed by atoms with Crippen LogP contribution in [0, 0.1) is 5.41 Å². The number of rotatable bonds is 3. The lowest BCUT2D eigenvalue weighted by Crippen LogP contribution is -2.17. The van der Waals surface area contributed by atoms with Gasteiger partial charge in [-0.2, -0.15) is 0 Å². The molecule has 0 saturated heterocycles. The number of phenols is 1. The summed E-state index contributed by atoms with van der Waals surface area (Å²) in [5.41, 5.74) is 6.99. The molecule has 1 saturated carbocycles. The Hall–Kier alpha value is -0.540. The van der Waals surface area contributed by atoms with Gasteiger partial charge in [-0.15, -0.1) is 0 Å². The molecule has 0 radical (unpaired) electrons. The summed E-state index contributed by atoms with van der Waals surface area (Å²) < 4.78 is 1.01. The van der Waals surface area contributed by atoms with Gasteiger partial charge in [-0.05, 0) is 55.0 Å². The van der Waals surface area contributed by atoms with Crippen LogP contribution in [-0.4, -0.2) is 11.7 Å². The van der Waals surface area contributed by atoms with Crippen molar-refractivity contribution in [3.8, 4) is 5.75 Å². The Labute approximate surface area is 92.3 Å². The highest BCUT2D eigenvalue weighted by Gasteiger charge is 2.41.